The summed E-state index contributed by atoms with van der Waals surface area (Å²) >= 11 is 1.11. The van der Waals surface area contributed by atoms with Crippen LogP contribution in [0, 0.1) is 0 Å². The molecule has 0 bridgehead atoms. The van der Waals surface area contributed by atoms with Crippen LogP contribution in [0.15, 0.2) is 89.8 Å². The van der Waals surface area contributed by atoms with E-state index in [1.165, 1.54) is 0 Å². The summed E-state index contributed by atoms with van der Waals surface area (Å²) in [4.78, 5) is 12.1. The van der Waals surface area contributed by atoms with Gasteiger partial charge in [0, 0.05) is 10.1 Å². The summed E-state index contributed by atoms with van der Waals surface area (Å²) in [5, 5.41) is 10.3. The fourth-order valence-electron chi connectivity index (χ4n) is 3.21. The largest absolute Gasteiger partial charge is 0.482 e. The summed E-state index contributed by atoms with van der Waals surface area (Å²) in [5.74, 6) is -1.23. The van der Waals surface area contributed by atoms with E-state index in [0.717, 1.165) is 16.0 Å². The molecule has 1 N–H and O–H groups in total. The van der Waals surface area contributed by atoms with E-state index in [9.17, 15) is 18.3 Å². The van der Waals surface area contributed by atoms with Crippen LogP contribution in [0.3, 0.4) is 0 Å². The van der Waals surface area contributed by atoms with E-state index in [4.69, 9.17) is 4.74 Å². The molecule has 0 saturated carbocycles. The molecule has 3 aromatic carbocycles. The Morgan fingerprint density at radius 2 is 1.50 bits per heavy atom. The number of benzene rings is 3. The second-order valence-electron chi connectivity index (χ2n) is 6.67. The number of carboxylic acids is 1. The summed E-state index contributed by atoms with van der Waals surface area (Å²) in [6.45, 7) is 0. The molecule has 0 spiro atoms. The lowest BCUT2D eigenvalue weighted by molar-refractivity contribution is 0.0696. The van der Waals surface area contributed by atoms with Crippen LogP contribution in [0.25, 0.3) is 10.1 Å². The van der Waals surface area contributed by atoms with Gasteiger partial charge >= 0.3 is 5.97 Å². The maximum absolute atomic E-state index is 13.0. The first-order valence-electron chi connectivity index (χ1n) is 9.20. The molecule has 4 rings (SSSR count). The van der Waals surface area contributed by atoms with Gasteiger partial charge in [-0.3, -0.25) is 0 Å². The molecule has 0 radical (unpaired) electrons. The predicted molar refractivity (Wildman–Crippen MR) is 117 cm³/mol. The van der Waals surface area contributed by atoms with Gasteiger partial charge in [-0.2, -0.15) is 0 Å². The van der Waals surface area contributed by atoms with Gasteiger partial charge in [0.05, 0.1) is 10.6 Å². The Labute approximate surface area is 178 Å². The van der Waals surface area contributed by atoms with Gasteiger partial charge in [0.2, 0.25) is 0 Å². The van der Waals surface area contributed by atoms with Crippen LogP contribution in [-0.2, 0) is 9.84 Å². The van der Waals surface area contributed by atoms with Crippen molar-refractivity contribution in [1.82, 2.24) is 0 Å². The SMILES string of the molecule is O=C(O)c1sc2ccccc2c1OC(CS(=O)(=O)c1ccccc1)c1ccccc1. The van der Waals surface area contributed by atoms with Crippen LogP contribution >= 0.6 is 11.3 Å². The van der Waals surface area contributed by atoms with Crippen LogP contribution in [0.2, 0.25) is 0 Å². The molecule has 5 nitrogen and oxygen atoms in total. The highest BCUT2D eigenvalue weighted by atomic mass is 32.2. The van der Waals surface area contributed by atoms with Gasteiger partial charge in [0.25, 0.3) is 0 Å². The molecule has 0 fully saturated rings. The maximum atomic E-state index is 13.0. The van der Waals surface area contributed by atoms with Crippen molar-refractivity contribution in [3.05, 3.63) is 95.4 Å². The van der Waals surface area contributed by atoms with Crippen molar-refractivity contribution in [2.24, 2.45) is 0 Å². The molecule has 1 heterocycles. The zero-order chi connectivity index (χ0) is 21.1. The van der Waals surface area contributed by atoms with Crippen molar-refractivity contribution in [2.45, 2.75) is 11.0 Å². The summed E-state index contributed by atoms with van der Waals surface area (Å²) < 4.78 is 33.0. The number of fused-ring (bicyclic) bond motifs is 1. The average molecular weight is 439 g/mol. The Morgan fingerprint density at radius 3 is 2.17 bits per heavy atom. The van der Waals surface area contributed by atoms with Gasteiger partial charge in [-0.25, -0.2) is 13.2 Å². The number of thiophene rings is 1. The van der Waals surface area contributed by atoms with Crippen LogP contribution in [0.5, 0.6) is 5.75 Å². The van der Waals surface area contributed by atoms with Crippen LogP contribution in [0.4, 0.5) is 0 Å². The number of hydrogen-bond donors (Lipinski definition) is 1. The quantitative estimate of drug-likeness (QED) is 0.429. The van der Waals surface area contributed by atoms with Crippen molar-refractivity contribution in [3.63, 3.8) is 0 Å². The van der Waals surface area contributed by atoms with Gasteiger partial charge in [0.1, 0.15) is 6.10 Å². The van der Waals surface area contributed by atoms with Crippen molar-refractivity contribution in [2.75, 3.05) is 5.75 Å². The van der Waals surface area contributed by atoms with E-state index in [1.807, 2.05) is 18.2 Å². The van der Waals surface area contributed by atoms with Crippen molar-refractivity contribution in [3.8, 4) is 5.75 Å². The van der Waals surface area contributed by atoms with E-state index in [2.05, 4.69) is 0 Å². The number of sulfone groups is 1. The Kier molecular flexibility index (Phi) is 5.57. The van der Waals surface area contributed by atoms with E-state index in [0.29, 0.717) is 10.9 Å². The summed E-state index contributed by atoms with van der Waals surface area (Å²) in [6.07, 6.45) is -0.868. The van der Waals surface area contributed by atoms with Gasteiger partial charge in [0.15, 0.2) is 20.5 Å². The molecular weight excluding hydrogens is 420 g/mol. The number of rotatable bonds is 7. The van der Waals surface area contributed by atoms with Crippen molar-refractivity contribution < 1.29 is 23.1 Å². The van der Waals surface area contributed by atoms with E-state index < -0.39 is 21.9 Å². The Bertz CT molecular complexity index is 1280. The first-order valence-corrected chi connectivity index (χ1v) is 11.7. The normalized spacial score (nSPS) is 12.5. The van der Waals surface area contributed by atoms with Gasteiger partial charge in [-0.1, -0.05) is 60.7 Å². The number of aromatic carboxylic acids is 1. The molecule has 7 heteroatoms. The highest BCUT2D eigenvalue weighted by molar-refractivity contribution is 7.91. The van der Waals surface area contributed by atoms with Crippen LogP contribution < -0.4 is 4.74 Å². The van der Waals surface area contributed by atoms with Gasteiger partial charge in [-0.05, 0) is 29.8 Å². The molecule has 1 aromatic heterocycles. The zero-order valence-electron chi connectivity index (χ0n) is 15.8. The Hall–Kier alpha value is -3.16. The number of ether oxygens (including phenoxy) is 1. The standard InChI is InChI=1S/C23H18O5S2/c24-23(25)22-21(18-13-7-8-14-20(18)29-22)28-19(16-9-3-1-4-10-16)15-30(26,27)17-11-5-2-6-12-17/h1-14,19H,15H2,(H,24,25). The second kappa shape index (κ2) is 8.30. The highest BCUT2D eigenvalue weighted by Gasteiger charge is 2.28. The van der Waals surface area contributed by atoms with Crippen molar-refractivity contribution >= 4 is 37.2 Å². The fraction of sp³-hybridized carbons (Fsp3) is 0.0870. The van der Waals surface area contributed by atoms with E-state index >= 15 is 0 Å². The molecular formula is C23H18O5S2. The first kappa shape index (κ1) is 20.1. The molecule has 0 amide bonds. The number of carboxylic acid groups (broad SMARTS) is 1. The molecule has 0 aliphatic rings. The third-order valence-electron chi connectivity index (χ3n) is 4.65. The highest BCUT2D eigenvalue weighted by Crippen LogP contribution is 2.40. The predicted octanol–water partition coefficient (Wildman–Crippen LogP) is 5.19. The molecule has 0 aliphatic heterocycles. The molecule has 1 unspecified atom stereocenters. The van der Waals surface area contributed by atoms with Gasteiger partial charge in [-0.15, -0.1) is 11.3 Å². The lowest BCUT2D eigenvalue weighted by atomic mass is 10.1. The minimum atomic E-state index is -3.67. The number of carbonyl (C=O) groups is 1. The van der Waals surface area contributed by atoms with Gasteiger partial charge < -0.3 is 9.84 Å². The summed E-state index contributed by atoms with van der Waals surface area (Å²) in [7, 11) is -3.67. The van der Waals surface area contributed by atoms with E-state index in [1.54, 1.807) is 66.7 Å². The topological polar surface area (TPSA) is 80.7 Å². The number of hydrogen-bond acceptors (Lipinski definition) is 5. The monoisotopic (exact) mass is 438 g/mol. The smallest absolute Gasteiger partial charge is 0.349 e. The second-order valence-corrected chi connectivity index (χ2v) is 9.76. The van der Waals surface area contributed by atoms with E-state index in [-0.39, 0.29) is 21.3 Å². The van der Waals surface area contributed by atoms with Crippen LogP contribution in [-0.4, -0.2) is 25.2 Å². The molecule has 4 aromatic rings. The molecule has 152 valence electrons. The first-order chi connectivity index (χ1) is 14.5. The molecule has 0 saturated heterocycles. The minimum Gasteiger partial charge on any atom is -0.482 e. The molecule has 30 heavy (non-hydrogen) atoms. The third-order valence-corrected chi connectivity index (χ3v) is 7.52. The lowest BCUT2D eigenvalue weighted by Gasteiger charge is -2.20. The Morgan fingerprint density at radius 1 is 0.900 bits per heavy atom. The van der Waals surface area contributed by atoms with Crippen LogP contribution in [0.1, 0.15) is 21.3 Å². The van der Waals surface area contributed by atoms with Crippen molar-refractivity contribution in [1.29, 1.82) is 0 Å². The maximum Gasteiger partial charge on any atom is 0.349 e. The zero-order valence-corrected chi connectivity index (χ0v) is 17.4. The molecule has 1 atom stereocenters. The lowest BCUT2D eigenvalue weighted by Crippen LogP contribution is -2.20. The third kappa shape index (κ3) is 4.08. The minimum absolute atomic E-state index is 0.0502. The average Bonchev–Trinajstić information content (AvgIpc) is 3.13. The summed E-state index contributed by atoms with van der Waals surface area (Å²) in [6, 6.07) is 24.4. The molecule has 0 aliphatic carbocycles. The fourth-order valence-corrected chi connectivity index (χ4v) is 5.61. The Balaban J connectivity index is 1.78. The summed E-state index contributed by atoms with van der Waals surface area (Å²) in [5.41, 5.74) is 0.656.